The normalized spacial score (nSPS) is 22.4. The Kier molecular flexibility index (Phi) is 4.91. The fourth-order valence-electron chi connectivity index (χ4n) is 4.34. The molecule has 0 radical (unpaired) electrons. The summed E-state index contributed by atoms with van der Waals surface area (Å²) in [6.45, 7) is 11.2. The summed E-state index contributed by atoms with van der Waals surface area (Å²) in [6, 6.07) is 0. The van der Waals surface area contributed by atoms with Crippen molar-refractivity contribution in [2.75, 3.05) is 5.73 Å². The molecule has 2 aromatic rings. The number of anilines is 1. The van der Waals surface area contributed by atoms with Crippen LogP contribution in [0, 0.1) is 17.3 Å². The molecule has 1 aliphatic rings. The topological polar surface area (TPSA) is 142 Å². The van der Waals surface area contributed by atoms with E-state index in [0.29, 0.717) is 24.1 Å². The highest BCUT2D eigenvalue weighted by Gasteiger charge is 2.66. The van der Waals surface area contributed by atoms with Crippen molar-refractivity contribution in [3.8, 4) is 0 Å². The lowest BCUT2D eigenvalue weighted by Crippen LogP contribution is -2.53. The minimum atomic E-state index is -5.07. The Balaban J connectivity index is 2.06. The third-order valence-corrected chi connectivity index (χ3v) is 8.11. The fourth-order valence-corrected chi connectivity index (χ4v) is 5.89. The van der Waals surface area contributed by atoms with E-state index in [1.165, 1.54) is 6.33 Å². The van der Waals surface area contributed by atoms with Crippen LogP contribution in [0.2, 0.25) is 0 Å². The monoisotopic (exact) mass is 409 g/mol. The number of hydrogen-bond acceptors (Lipinski definition) is 8. The van der Waals surface area contributed by atoms with Gasteiger partial charge in [0, 0.05) is 0 Å². The quantitative estimate of drug-likeness (QED) is 0.678. The van der Waals surface area contributed by atoms with E-state index in [1.807, 2.05) is 13.8 Å². The number of imidazole rings is 1. The van der Waals surface area contributed by atoms with Gasteiger partial charge in [-0.15, -0.1) is 0 Å². The predicted molar refractivity (Wildman–Crippen MR) is 102 cm³/mol. The van der Waals surface area contributed by atoms with Crippen LogP contribution >= 0.6 is 7.60 Å². The zero-order chi connectivity index (χ0) is 21.1. The van der Waals surface area contributed by atoms with Gasteiger partial charge in [0.2, 0.25) is 0 Å². The SMILES string of the molecule is CC(C)C(OC1(Cn2cnc3c(N)ncnc32)CC1(C)C)(C(C)C)P(=O)([O-])[O-]. The molecule has 9 nitrogen and oxygen atoms in total. The molecular weight excluding hydrogens is 381 g/mol. The first-order chi connectivity index (χ1) is 12.8. The Hall–Kier alpha value is -1.54. The summed E-state index contributed by atoms with van der Waals surface area (Å²) in [5.41, 5.74) is 5.74. The Morgan fingerprint density at radius 2 is 1.82 bits per heavy atom. The van der Waals surface area contributed by atoms with E-state index in [-0.39, 0.29) is 11.2 Å². The number of nitrogens with two attached hydrogens (primary N) is 1. The molecule has 0 saturated heterocycles. The molecule has 1 unspecified atom stereocenters. The van der Waals surface area contributed by atoms with Gasteiger partial charge in [-0.2, -0.15) is 0 Å². The van der Waals surface area contributed by atoms with E-state index >= 15 is 0 Å². The standard InChI is InChI=1S/C18H30N5O4P/c1-11(2)18(12(3)4,28(24,25)26)27-17(7-16(17,5)6)8-23-10-22-13-14(19)20-9-21-15(13)23/h9-12H,7-8H2,1-6H3,(H2,19,20,21)(H2,24,25,26)/p-2. The molecule has 156 valence electrons. The molecule has 2 aromatic heterocycles. The van der Waals surface area contributed by atoms with Gasteiger partial charge in [-0.1, -0.05) is 41.5 Å². The summed E-state index contributed by atoms with van der Waals surface area (Å²) in [4.78, 5) is 37.3. The molecule has 0 spiro atoms. The third kappa shape index (κ3) is 3.05. The summed E-state index contributed by atoms with van der Waals surface area (Å²) >= 11 is 0. The number of hydrogen-bond donors (Lipinski definition) is 1. The lowest BCUT2D eigenvalue weighted by atomic mass is 9.94. The molecular formula is C18H28N5O4P-2. The molecule has 10 heteroatoms. The molecule has 0 amide bonds. The highest BCUT2D eigenvalue weighted by molar-refractivity contribution is 7.50. The van der Waals surface area contributed by atoms with Gasteiger partial charge < -0.3 is 29.4 Å². The van der Waals surface area contributed by atoms with Crippen LogP contribution in [0.3, 0.4) is 0 Å². The van der Waals surface area contributed by atoms with Gasteiger partial charge in [0.15, 0.2) is 11.5 Å². The Morgan fingerprint density at radius 3 is 2.29 bits per heavy atom. The summed E-state index contributed by atoms with van der Waals surface area (Å²) in [5.74, 6) is -0.727. The van der Waals surface area contributed by atoms with E-state index < -0.39 is 30.4 Å². The first-order valence-corrected chi connectivity index (χ1v) is 11.0. The molecule has 2 heterocycles. The van der Waals surface area contributed by atoms with Gasteiger partial charge in [0.05, 0.1) is 23.8 Å². The van der Waals surface area contributed by atoms with E-state index in [4.69, 9.17) is 10.5 Å². The molecule has 28 heavy (non-hydrogen) atoms. The highest BCUT2D eigenvalue weighted by Crippen LogP contribution is 2.66. The van der Waals surface area contributed by atoms with E-state index in [2.05, 4.69) is 15.0 Å². The lowest BCUT2D eigenvalue weighted by Gasteiger charge is -2.56. The zero-order valence-electron chi connectivity index (χ0n) is 17.2. The van der Waals surface area contributed by atoms with Crippen LogP contribution in [0.4, 0.5) is 5.82 Å². The minimum absolute atomic E-state index is 0.274. The van der Waals surface area contributed by atoms with Gasteiger partial charge in [-0.25, -0.2) is 15.0 Å². The van der Waals surface area contributed by atoms with E-state index in [9.17, 15) is 14.4 Å². The van der Waals surface area contributed by atoms with Crippen molar-refractivity contribution in [3.63, 3.8) is 0 Å². The molecule has 3 rings (SSSR count). The second kappa shape index (κ2) is 6.49. The van der Waals surface area contributed by atoms with Crippen LogP contribution in [0.25, 0.3) is 11.2 Å². The summed E-state index contributed by atoms with van der Waals surface area (Å²) in [6.07, 6.45) is 3.56. The number of nitrogen functional groups attached to an aromatic ring is 1. The first kappa shape index (κ1) is 21.2. The van der Waals surface area contributed by atoms with Crippen molar-refractivity contribution in [3.05, 3.63) is 12.7 Å². The van der Waals surface area contributed by atoms with Gasteiger partial charge in [-0.3, -0.25) is 0 Å². The van der Waals surface area contributed by atoms with Crippen LogP contribution in [0.1, 0.15) is 48.0 Å². The lowest BCUT2D eigenvalue weighted by molar-refractivity contribution is -0.342. The second-order valence-electron chi connectivity index (χ2n) is 9.02. The van der Waals surface area contributed by atoms with Crippen molar-refractivity contribution in [2.24, 2.45) is 17.3 Å². The second-order valence-corrected chi connectivity index (χ2v) is 10.7. The molecule has 0 aliphatic heterocycles. The van der Waals surface area contributed by atoms with Gasteiger partial charge in [0.1, 0.15) is 11.8 Å². The zero-order valence-corrected chi connectivity index (χ0v) is 18.1. The molecule has 1 saturated carbocycles. The van der Waals surface area contributed by atoms with Crippen LogP contribution in [0.5, 0.6) is 0 Å². The third-order valence-electron chi connectivity index (χ3n) is 6.13. The van der Waals surface area contributed by atoms with Crippen molar-refractivity contribution >= 4 is 24.6 Å². The van der Waals surface area contributed by atoms with Crippen molar-refractivity contribution in [2.45, 2.75) is 65.5 Å². The Labute approximate surface area is 164 Å². The fraction of sp³-hybridized carbons (Fsp3) is 0.722. The molecule has 1 atom stereocenters. The van der Waals surface area contributed by atoms with Crippen LogP contribution < -0.4 is 15.5 Å². The number of fused-ring (bicyclic) bond motifs is 1. The molecule has 0 aromatic carbocycles. The molecule has 1 aliphatic carbocycles. The summed E-state index contributed by atoms with van der Waals surface area (Å²) < 4.78 is 20.6. The maximum absolute atomic E-state index is 12.4. The smallest absolute Gasteiger partial charge is 0.165 e. The van der Waals surface area contributed by atoms with E-state index in [1.54, 1.807) is 38.6 Å². The summed E-state index contributed by atoms with van der Waals surface area (Å²) in [5, 5.41) is -1.80. The minimum Gasteiger partial charge on any atom is -0.809 e. The Bertz CT molecular complexity index is 927. The van der Waals surface area contributed by atoms with E-state index in [0.717, 1.165) is 0 Å². The molecule has 0 bridgehead atoms. The maximum Gasteiger partial charge on any atom is 0.165 e. The maximum atomic E-state index is 12.4. The number of ether oxygens (including phenoxy) is 1. The molecule has 2 N–H and O–H groups in total. The number of rotatable bonds is 7. The van der Waals surface area contributed by atoms with Gasteiger partial charge in [0.25, 0.3) is 0 Å². The number of aromatic nitrogens is 4. The Morgan fingerprint density at radius 1 is 1.25 bits per heavy atom. The average molecular weight is 409 g/mol. The first-order valence-electron chi connectivity index (χ1n) is 9.41. The van der Waals surface area contributed by atoms with Crippen molar-refractivity contribution in [1.29, 1.82) is 0 Å². The predicted octanol–water partition coefficient (Wildman–Crippen LogP) is 1.52. The van der Waals surface area contributed by atoms with Crippen molar-refractivity contribution in [1.82, 2.24) is 19.5 Å². The van der Waals surface area contributed by atoms with Crippen LogP contribution in [-0.4, -0.2) is 30.5 Å². The van der Waals surface area contributed by atoms with Crippen LogP contribution in [-0.2, 0) is 15.8 Å². The number of nitrogens with zero attached hydrogens (tertiary/aromatic N) is 4. The van der Waals surface area contributed by atoms with Gasteiger partial charge >= 0.3 is 0 Å². The van der Waals surface area contributed by atoms with Crippen LogP contribution in [0.15, 0.2) is 12.7 Å². The average Bonchev–Trinajstić information content (AvgIpc) is 2.86. The van der Waals surface area contributed by atoms with Gasteiger partial charge in [-0.05, 0) is 31.3 Å². The highest BCUT2D eigenvalue weighted by atomic mass is 31.2. The molecule has 1 fully saturated rings. The van der Waals surface area contributed by atoms with Crippen molar-refractivity contribution < 1.29 is 19.1 Å². The largest absolute Gasteiger partial charge is 0.809 e. The summed E-state index contributed by atoms with van der Waals surface area (Å²) in [7, 11) is -5.07.